The standard InChI is InChI=1S/C31H39F3O2/c1-3-5-18-35-28-16-14-25(19-27(28)32)26-15-17-29(31(34)30(26)33)36-20-22-8-12-24(13-9-22)23-10-6-21(4-2)7-11-23/h4,14-17,19,21-24H,2-3,5-13,18,20H2,1H3. The molecule has 2 saturated carbocycles. The Morgan fingerprint density at radius 1 is 0.833 bits per heavy atom. The minimum atomic E-state index is -1.02. The van der Waals surface area contributed by atoms with Crippen LogP contribution < -0.4 is 9.47 Å². The van der Waals surface area contributed by atoms with Gasteiger partial charge in [0.1, 0.15) is 0 Å². The maximum atomic E-state index is 14.9. The van der Waals surface area contributed by atoms with E-state index < -0.39 is 17.5 Å². The predicted molar refractivity (Wildman–Crippen MR) is 139 cm³/mol. The fraction of sp³-hybridized carbons (Fsp3) is 0.548. The molecule has 0 amide bonds. The van der Waals surface area contributed by atoms with Crippen molar-refractivity contribution in [3.05, 3.63) is 60.4 Å². The number of hydrogen-bond acceptors (Lipinski definition) is 2. The van der Waals surface area contributed by atoms with Crippen LogP contribution in [0.2, 0.25) is 0 Å². The first-order chi connectivity index (χ1) is 17.5. The summed E-state index contributed by atoms with van der Waals surface area (Å²) in [5.74, 6) is 0.0572. The fourth-order valence-electron chi connectivity index (χ4n) is 5.86. The first kappa shape index (κ1) is 26.6. The van der Waals surface area contributed by atoms with Crippen molar-refractivity contribution in [1.82, 2.24) is 0 Å². The number of unbranched alkanes of at least 4 members (excludes halogenated alkanes) is 1. The Labute approximate surface area is 213 Å². The summed E-state index contributed by atoms with van der Waals surface area (Å²) in [4.78, 5) is 0. The Balaban J connectivity index is 1.30. The topological polar surface area (TPSA) is 18.5 Å². The lowest BCUT2D eigenvalue weighted by molar-refractivity contribution is 0.127. The van der Waals surface area contributed by atoms with Crippen molar-refractivity contribution in [3.63, 3.8) is 0 Å². The second kappa shape index (κ2) is 12.7. The zero-order valence-corrected chi connectivity index (χ0v) is 21.4. The van der Waals surface area contributed by atoms with E-state index in [9.17, 15) is 13.2 Å². The van der Waals surface area contributed by atoms with Crippen molar-refractivity contribution >= 4 is 0 Å². The van der Waals surface area contributed by atoms with Gasteiger partial charge in [-0.15, -0.1) is 6.58 Å². The molecule has 0 saturated heterocycles. The van der Waals surface area contributed by atoms with Gasteiger partial charge in [-0.3, -0.25) is 0 Å². The van der Waals surface area contributed by atoms with Gasteiger partial charge in [-0.05, 0) is 111 Å². The van der Waals surface area contributed by atoms with Gasteiger partial charge in [0.25, 0.3) is 0 Å². The molecule has 0 aliphatic heterocycles. The average Bonchev–Trinajstić information content (AvgIpc) is 2.91. The number of halogens is 3. The smallest absolute Gasteiger partial charge is 0.201 e. The lowest BCUT2D eigenvalue weighted by Gasteiger charge is -2.37. The van der Waals surface area contributed by atoms with Crippen LogP contribution in [0.5, 0.6) is 11.5 Å². The Hall–Kier alpha value is -2.43. The summed E-state index contributed by atoms with van der Waals surface area (Å²) < 4.78 is 55.3. The number of allylic oxidation sites excluding steroid dienone is 1. The Morgan fingerprint density at radius 2 is 1.50 bits per heavy atom. The fourth-order valence-corrected chi connectivity index (χ4v) is 5.86. The molecule has 2 aromatic rings. The zero-order chi connectivity index (χ0) is 25.5. The van der Waals surface area contributed by atoms with E-state index in [0.717, 1.165) is 37.5 Å². The van der Waals surface area contributed by atoms with Crippen molar-refractivity contribution in [2.75, 3.05) is 13.2 Å². The third kappa shape index (κ3) is 6.46. The summed E-state index contributed by atoms with van der Waals surface area (Å²) in [6, 6.07) is 7.09. The molecule has 0 heterocycles. The van der Waals surface area contributed by atoms with E-state index in [1.165, 1.54) is 62.8 Å². The van der Waals surface area contributed by atoms with Crippen molar-refractivity contribution < 1.29 is 22.6 Å². The van der Waals surface area contributed by atoms with Gasteiger partial charge in [-0.2, -0.15) is 4.39 Å². The third-order valence-electron chi connectivity index (χ3n) is 8.23. The van der Waals surface area contributed by atoms with E-state index in [1.54, 1.807) is 6.07 Å². The average molecular weight is 501 g/mol. The molecule has 2 fully saturated rings. The van der Waals surface area contributed by atoms with Crippen LogP contribution in [0, 0.1) is 41.1 Å². The Morgan fingerprint density at radius 3 is 2.14 bits per heavy atom. The van der Waals surface area contributed by atoms with Gasteiger partial charge >= 0.3 is 0 Å². The van der Waals surface area contributed by atoms with Crippen LogP contribution in [-0.4, -0.2) is 13.2 Å². The van der Waals surface area contributed by atoms with Crippen LogP contribution >= 0.6 is 0 Å². The normalized spacial score (nSPS) is 24.3. The summed E-state index contributed by atoms with van der Waals surface area (Å²) in [6.45, 7) is 6.78. The van der Waals surface area contributed by atoms with Crippen molar-refractivity contribution in [2.24, 2.45) is 23.7 Å². The van der Waals surface area contributed by atoms with E-state index in [2.05, 4.69) is 12.7 Å². The summed E-state index contributed by atoms with van der Waals surface area (Å²) in [5, 5.41) is 0. The molecule has 0 aromatic heterocycles. The molecule has 4 rings (SSSR count). The van der Waals surface area contributed by atoms with E-state index in [1.807, 2.05) is 6.92 Å². The Bertz CT molecular complexity index is 1010. The molecule has 196 valence electrons. The van der Waals surface area contributed by atoms with E-state index >= 15 is 0 Å². The second-order valence-electron chi connectivity index (χ2n) is 10.6. The molecule has 0 atom stereocenters. The van der Waals surface area contributed by atoms with Crippen LogP contribution in [0.3, 0.4) is 0 Å². The molecule has 2 aliphatic rings. The lowest BCUT2D eigenvalue weighted by atomic mass is 9.69. The minimum Gasteiger partial charge on any atom is -0.491 e. The van der Waals surface area contributed by atoms with Gasteiger partial charge in [-0.1, -0.05) is 25.5 Å². The molecule has 0 spiro atoms. The molecule has 2 nitrogen and oxygen atoms in total. The number of ether oxygens (including phenoxy) is 2. The van der Waals surface area contributed by atoms with Crippen LogP contribution in [0.4, 0.5) is 13.2 Å². The highest BCUT2D eigenvalue weighted by atomic mass is 19.2. The highest BCUT2D eigenvalue weighted by Crippen LogP contribution is 2.42. The molecule has 0 bridgehead atoms. The Kier molecular flexibility index (Phi) is 9.39. The lowest BCUT2D eigenvalue weighted by Crippen LogP contribution is -2.27. The first-order valence-electron chi connectivity index (χ1n) is 13.7. The van der Waals surface area contributed by atoms with Gasteiger partial charge in [0.15, 0.2) is 23.1 Å². The molecule has 2 aliphatic carbocycles. The molecule has 0 radical (unpaired) electrons. The summed E-state index contributed by atoms with van der Waals surface area (Å²) in [6.07, 6.45) is 13.5. The molecule has 5 heteroatoms. The number of hydrogen-bond donors (Lipinski definition) is 0. The van der Waals surface area contributed by atoms with Crippen molar-refractivity contribution in [3.8, 4) is 22.6 Å². The quantitative estimate of drug-likeness (QED) is 0.239. The molecule has 0 N–H and O–H groups in total. The number of benzene rings is 2. The van der Waals surface area contributed by atoms with Crippen molar-refractivity contribution in [2.45, 2.75) is 71.1 Å². The highest BCUT2D eigenvalue weighted by Gasteiger charge is 2.30. The summed E-state index contributed by atoms with van der Waals surface area (Å²) >= 11 is 0. The molecular formula is C31H39F3O2. The van der Waals surface area contributed by atoms with E-state index in [4.69, 9.17) is 9.47 Å². The predicted octanol–water partition coefficient (Wildman–Crippen LogP) is 9.13. The second-order valence-corrected chi connectivity index (χ2v) is 10.6. The minimum absolute atomic E-state index is 0.00513. The molecule has 2 aromatic carbocycles. The van der Waals surface area contributed by atoms with Gasteiger partial charge in [0, 0.05) is 5.56 Å². The zero-order valence-electron chi connectivity index (χ0n) is 21.4. The first-order valence-corrected chi connectivity index (χ1v) is 13.7. The summed E-state index contributed by atoms with van der Waals surface area (Å²) in [7, 11) is 0. The van der Waals surface area contributed by atoms with Gasteiger partial charge in [0.05, 0.1) is 13.2 Å². The molecule has 0 unspecified atom stereocenters. The SMILES string of the molecule is C=CC1CCC(C2CCC(COc3ccc(-c4ccc(OCCCC)c(F)c4)c(F)c3F)CC2)CC1. The van der Waals surface area contributed by atoms with E-state index in [-0.39, 0.29) is 22.6 Å². The van der Waals surface area contributed by atoms with E-state index in [0.29, 0.717) is 25.0 Å². The molecule has 36 heavy (non-hydrogen) atoms. The highest BCUT2D eigenvalue weighted by molar-refractivity contribution is 5.66. The van der Waals surface area contributed by atoms with Crippen LogP contribution in [0.25, 0.3) is 11.1 Å². The third-order valence-corrected chi connectivity index (χ3v) is 8.23. The van der Waals surface area contributed by atoms with Gasteiger partial charge in [-0.25, -0.2) is 8.78 Å². The molecular weight excluding hydrogens is 461 g/mol. The maximum absolute atomic E-state index is 14.9. The van der Waals surface area contributed by atoms with Crippen molar-refractivity contribution in [1.29, 1.82) is 0 Å². The monoisotopic (exact) mass is 500 g/mol. The largest absolute Gasteiger partial charge is 0.491 e. The van der Waals surface area contributed by atoms with Crippen LogP contribution in [0.15, 0.2) is 43.0 Å². The summed E-state index contributed by atoms with van der Waals surface area (Å²) in [5.41, 5.74) is 0.268. The van der Waals surface area contributed by atoms with Gasteiger partial charge in [0.2, 0.25) is 5.82 Å². The van der Waals surface area contributed by atoms with Crippen LogP contribution in [-0.2, 0) is 0 Å². The number of rotatable bonds is 10. The maximum Gasteiger partial charge on any atom is 0.201 e. The van der Waals surface area contributed by atoms with Gasteiger partial charge < -0.3 is 9.47 Å². The van der Waals surface area contributed by atoms with Crippen LogP contribution in [0.1, 0.15) is 71.1 Å².